The summed E-state index contributed by atoms with van der Waals surface area (Å²) in [4.78, 5) is 55.6. The Balaban J connectivity index is 1.69. The van der Waals surface area contributed by atoms with Gasteiger partial charge in [0.15, 0.2) is 5.78 Å². The summed E-state index contributed by atoms with van der Waals surface area (Å²) in [5.74, 6) is -2.61. The van der Waals surface area contributed by atoms with Crippen LogP contribution in [0.1, 0.15) is 43.2 Å². The SMILES string of the molecule is NCCCCC(CC(=O)[C@H](CS)NC(=O)C(CC(=O)Cc1ccc2ccccc2c1)Cc1ccncc1)C(N)=O. The minimum Gasteiger partial charge on any atom is -0.369 e. The van der Waals surface area contributed by atoms with E-state index in [9.17, 15) is 19.2 Å². The number of hydrogen-bond donors (Lipinski definition) is 4. The molecule has 0 fully saturated rings. The molecule has 0 aliphatic rings. The Morgan fingerprint density at radius 2 is 1.60 bits per heavy atom. The number of carbonyl (C=O) groups excluding carboxylic acids is 4. The minimum absolute atomic E-state index is 0.0114. The number of benzene rings is 2. The molecule has 2 amide bonds. The summed E-state index contributed by atoms with van der Waals surface area (Å²) in [6, 6.07) is 16.5. The average Bonchev–Trinajstić information content (AvgIpc) is 2.95. The number of thiol groups is 1. The first-order valence-corrected chi connectivity index (χ1v) is 14.3. The summed E-state index contributed by atoms with van der Waals surface area (Å²) in [6.45, 7) is 0.493. The molecule has 0 radical (unpaired) electrons. The van der Waals surface area contributed by atoms with Crippen LogP contribution in [0.25, 0.3) is 10.8 Å². The van der Waals surface area contributed by atoms with E-state index >= 15 is 0 Å². The molecule has 0 saturated heterocycles. The number of ketones is 2. The monoisotopic (exact) mass is 562 g/mol. The summed E-state index contributed by atoms with van der Waals surface area (Å²) in [7, 11) is 0. The molecule has 3 atom stereocenters. The highest BCUT2D eigenvalue weighted by Crippen LogP contribution is 2.20. The van der Waals surface area contributed by atoms with Gasteiger partial charge in [0.25, 0.3) is 0 Å². The van der Waals surface area contributed by atoms with Crippen LogP contribution < -0.4 is 16.8 Å². The van der Waals surface area contributed by atoms with Crippen molar-refractivity contribution in [3.8, 4) is 0 Å². The summed E-state index contributed by atoms with van der Waals surface area (Å²) in [5.41, 5.74) is 12.8. The van der Waals surface area contributed by atoms with Crippen LogP contribution in [0.3, 0.4) is 0 Å². The molecule has 40 heavy (non-hydrogen) atoms. The largest absolute Gasteiger partial charge is 0.369 e. The number of fused-ring (bicyclic) bond motifs is 1. The fourth-order valence-electron chi connectivity index (χ4n) is 4.77. The van der Waals surface area contributed by atoms with Crippen molar-refractivity contribution >= 4 is 46.8 Å². The van der Waals surface area contributed by atoms with Gasteiger partial charge >= 0.3 is 0 Å². The molecule has 2 aromatic carbocycles. The van der Waals surface area contributed by atoms with Crippen LogP contribution in [0.2, 0.25) is 0 Å². The number of nitrogens with two attached hydrogens (primary N) is 2. The van der Waals surface area contributed by atoms with Gasteiger partial charge in [0.1, 0.15) is 5.78 Å². The smallest absolute Gasteiger partial charge is 0.224 e. The molecule has 5 N–H and O–H groups in total. The quantitative estimate of drug-likeness (QED) is 0.147. The van der Waals surface area contributed by atoms with E-state index in [-0.39, 0.29) is 36.6 Å². The summed E-state index contributed by atoms with van der Waals surface area (Å²) < 4.78 is 0. The van der Waals surface area contributed by atoms with E-state index in [0.29, 0.717) is 25.8 Å². The highest BCUT2D eigenvalue weighted by Gasteiger charge is 2.29. The molecule has 9 heteroatoms. The maximum Gasteiger partial charge on any atom is 0.224 e. The lowest BCUT2D eigenvalue weighted by Crippen LogP contribution is -2.46. The third-order valence-corrected chi connectivity index (χ3v) is 7.40. The number of nitrogens with zero attached hydrogens (tertiary/aromatic N) is 1. The number of primary amides is 1. The normalized spacial score (nSPS) is 13.3. The lowest BCUT2D eigenvalue weighted by Gasteiger charge is -2.22. The van der Waals surface area contributed by atoms with E-state index in [4.69, 9.17) is 11.5 Å². The molecule has 212 valence electrons. The minimum atomic E-state index is -0.900. The number of unbranched alkanes of at least 4 members (excludes halogenated alkanes) is 1. The molecular weight excluding hydrogens is 524 g/mol. The molecule has 1 heterocycles. The maximum absolute atomic E-state index is 13.4. The second-order valence-corrected chi connectivity index (χ2v) is 10.5. The van der Waals surface area contributed by atoms with E-state index in [1.807, 2.05) is 42.5 Å². The number of nitrogens with one attached hydrogen (secondary N) is 1. The van der Waals surface area contributed by atoms with Crippen LogP contribution in [-0.4, -0.2) is 46.7 Å². The Morgan fingerprint density at radius 1 is 0.875 bits per heavy atom. The predicted molar refractivity (Wildman–Crippen MR) is 160 cm³/mol. The van der Waals surface area contributed by atoms with Gasteiger partial charge in [0.2, 0.25) is 11.8 Å². The zero-order valence-corrected chi connectivity index (χ0v) is 23.5. The number of carbonyl (C=O) groups is 4. The molecule has 3 aromatic rings. The zero-order valence-electron chi connectivity index (χ0n) is 22.6. The van der Waals surface area contributed by atoms with Gasteiger partial charge in [0, 0.05) is 49.2 Å². The fraction of sp³-hybridized carbons (Fsp3) is 0.387. The van der Waals surface area contributed by atoms with Crippen LogP contribution in [0.15, 0.2) is 67.0 Å². The van der Waals surface area contributed by atoms with Crippen molar-refractivity contribution in [1.82, 2.24) is 10.3 Å². The van der Waals surface area contributed by atoms with Crippen molar-refractivity contribution in [1.29, 1.82) is 0 Å². The number of pyridine rings is 1. The van der Waals surface area contributed by atoms with Crippen LogP contribution in [0.5, 0.6) is 0 Å². The van der Waals surface area contributed by atoms with Crippen molar-refractivity contribution in [2.45, 2.75) is 51.0 Å². The van der Waals surface area contributed by atoms with E-state index in [1.54, 1.807) is 24.5 Å². The van der Waals surface area contributed by atoms with Gasteiger partial charge in [-0.15, -0.1) is 0 Å². The molecule has 0 aliphatic carbocycles. The van der Waals surface area contributed by atoms with Gasteiger partial charge in [0.05, 0.1) is 6.04 Å². The lowest BCUT2D eigenvalue weighted by atomic mass is 9.90. The van der Waals surface area contributed by atoms with Gasteiger partial charge in [-0.3, -0.25) is 24.2 Å². The van der Waals surface area contributed by atoms with Crippen LogP contribution >= 0.6 is 12.6 Å². The Bertz CT molecular complexity index is 1300. The number of rotatable bonds is 17. The van der Waals surface area contributed by atoms with Crippen LogP contribution in [0, 0.1) is 11.8 Å². The Kier molecular flexibility index (Phi) is 12.3. The lowest BCUT2D eigenvalue weighted by molar-refractivity contribution is -0.133. The standard InChI is InChI=1S/C31H38N4O4S/c32-12-4-3-7-25(30(33)38)19-29(37)28(20-40)35-31(39)26(15-21-10-13-34-14-11-21)18-27(36)17-22-8-9-23-5-1-2-6-24(23)16-22/h1-2,5-6,8-11,13-14,16,25-26,28,40H,3-4,7,12,15,17-20,32H2,(H2,33,38)(H,35,39)/t25?,26?,28-/m0/s1. The van der Waals surface area contributed by atoms with Crippen molar-refractivity contribution in [3.05, 3.63) is 78.1 Å². The van der Waals surface area contributed by atoms with Gasteiger partial charge in [-0.25, -0.2) is 0 Å². The molecule has 8 nitrogen and oxygen atoms in total. The third kappa shape index (κ3) is 9.57. The number of hydrogen-bond acceptors (Lipinski definition) is 7. The van der Waals surface area contributed by atoms with Crippen molar-refractivity contribution in [3.63, 3.8) is 0 Å². The van der Waals surface area contributed by atoms with Gasteiger partial charge < -0.3 is 16.8 Å². The van der Waals surface area contributed by atoms with E-state index in [2.05, 4.69) is 22.9 Å². The highest BCUT2D eigenvalue weighted by molar-refractivity contribution is 7.80. The van der Waals surface area contributed by atoms with Crippen LogP contribution in [0.4, 0.5) is 0 Å². The number of amides is 2. The molecule has 3 rings (SSSR count). The van der Waals surface area contributed by atoms with E-state index in [0.717, 1.165) is 28.3 Å². The average molecular weight is 563 g/mol. The third-order valence-electron chi connectivity index (χ3n) is 7.04. The first-order chi connectivity index (χ1) is 19.3. The summed E-state index contributed by atoms with van der Waals surface area (Å²) in [6.07, 6.45) is 5.58. The Labute approximate surface area is 240 Å². The van der Waals surface area contributed by atoms with Crippen LogP contribution in [-0.2, 0) is 32.0 Å². The molecule has 0 saturated carbocycles. The molecular formula is C31H38N4O4S. The number of Topliss-reactive ketones (excluding diaryl/α,β-unsaturated/α-hetero) is 2. The first kappa shape index (κ1) is 31.0. The van der Waals surface area contributed by atoms with Gasteiger partial charge in [-0.2, -0.15) is 12.6 Å². The Morgan fingerprint density at radius 3 is 2.27 bits per heavy atom. The zero-order chi connectivity index (χ0) is 28.9. The maximum atomic E-state index is 13.4. The van der Waals surface area contributed by atoms with Crippen molar-refractivity contribution < 1.29 is 19.2 Å². The van der Waals surface area contributed by atoms with Gasteiger partial charge in [-0.05, 0) is 59.8 Å². The Hall–Kier alpha value is -3.56. The first-order valence-electron chi connectivity index (χ1n) is 13.6. The van der Waals surface area contributed by atoms with Crippen molar-refractivity contribution in [2.24, 2.45) is 23.3 Å². The topological polar surface area (TPSA) is 145 Å². The highest BCUT2D eigenvalue weighted by atomic mass is 32.1. The molecule has 0 bridgehead atoms. The molecule has 0 spiro atoms. The molecule has 1 aromatic heterocycles. The molecule has 0 aliphatic heterocycles. The molecule has 2 unspecified atom stereocenters. The second-order valence-electron chi connectivity index (χ2n) is 10.2. The van der Waals surface area contributed by atoms with Crippen molar-refractivity contribution in [2.75, 3.05) is 12.3 Å². The predicted octanol–water partition coefficient (Wildman–Crippen LogP) is 3.20. The van der Waals surface area contributed by atoms with E-state index < -0.39 is 29.7 Å². The second kappa shape index (κ2) is 15.9. The van der Waals surface area contributed by atoms with E-state index in [1.165, 1.54) is 0 Å². The van der Waals surface area contributed by atoms with Gasteiger partial charge in [-0.1, -0.05) is 48.9 Å². The fourth-order valence-corrected chi connectivity index (χ4v) is 5.06. The summed E-state index contributed by atoms with van der Waals surface area (Å²) in [5, 5.41) is 4.93. The summed E-state index contributed by atoms with van der Waals surface area (Å²) >= 11 is 4.28. The number of aromatic nitrogens is 1.